The maximum atomic E-state index is 13.8. The topological polar surface area (TPSA) is 89.5 Å². The number of nitro benzene ring substituents is 1. The van der Waals surface area contributed by atoms with Gasteiger partial charge >= 0.3 is 0 Å². The van der Waals surface area contributed by atoms with Gasteiger partial charge < -0.3 is 5.32 Å². The Labute approximate surface area is 162 Å². The van der Waals surface area contributed by atoms with Gasteiger partial charge in [0.05, 0.1) is 16.3 Å². The van der Waals surface area contributed by atoms with Crippen molar-refractivity contribution in [2.45, 2.75) is 6.92 Å². The summed E-state index contributed by atoms with van der Waals surface area (Å²) in [5.74, 6) is -0.933. The van der Waals surface area contributed by atoms with Crippen LogP contribution in [0.2, 0.25) is 0 Å². The van der Waals surface area contributed by atoms with E-state index in [-0.39, 0.29) is 11.4 Å². The zero-order valence-corrected chi connectivity index (χ0v) is 15.4. The molecule has 140 valence electrons. The zero-order valence-electron chi connectivity index (χ0n) is 14.5. The van der Waals surface area contributed by atoms with Crippen molar-refractivity contribution in [2.75, 3.05) is 5.32 Å². The summed E-state index contributed by atoms with van der Waals surface area (Å²) in [6.07, 6.45) is 1.72. The monoisotopic (exact) mass is 396 g/mol. The highest BCUT2D eigenvalue weighted by Gasteiger charge is 2.19. The number of carbonyl (C=O) groups excluding carboxylic acids is 1. The third-order valence-electron chi connectivity index (χ3n) is 4.24. The van der Waals surface area contributed by atoms with E-state index in [4.69, 9.17) is 0 Å². The molecule has 2 aromatic heterocycles. The second-order valence-electron chi connectivity index (χ2n) is 6.04. The third-order valence-corrected chi connectivity index (χ3v) is 5.39. The summed E-state index contributed by atoms with van der Waals surface area (Å²) in [5, 5.41) is 13.5. The van der Waals surface area contributed by atoms with E-state index in [1.807, 2.05) is 0 Å². The normalized spacial score (nSPS) is 10.9. The lowest BCUT2D eigenvalue weighted by Gasteiger charge is -2.05. The van der Waals surface area contributed by atoms with Gasteiger partial charge in [-0.25, -0.2) is 9.37 Å². The number of hydrogen-bond donors (Lipinski definition) is 1. The molecule has 0 saturated carbocycles. The summed E-state index contributed by atoms with van der Waals surface area (Å²) in [4.78, 5) is 28.5. The van der Waals surface area contributed by atoms with Crippen molar-refractivity contribution in [3.8, 4) is 11.3 Å². The van der Waals surface area contributed by atoms with Gasteiger partial charge in [-0.2, -0.15) is 0 Å². The summed E-state index contributed by atoms with van der Waals surface area (Å²) in [5.41, 5.74) is 1.92. The summed E-state index contributed by atoms with van der Waals surface area (Å²) in [6.45, 7) is 1.76. The van der Waals surface area contributed by atoms with Crippen LogP contribution >= 0.6 is 11.3 Å². The minimum absolute atomic E-state index is 0.0180. The van der Waals surface area contributed by atoms with Gasteiger partial charge in [0.25, 0.3) is 11.6 Å². The Kier molecular flexibility index (Phi) is 4.36. The van der Waals surface area contributed by atoms with Crippen LogP contribution in [0.15, 0.2) is 54.7 Å². The van der Waals surface area contributed by atoms with Gasteiger partial charge in [-0.3, -0.25) is 19.3 Å². The molecule has 9 heteroatoms. The highest BCUT2D eigenvalue weighted by Crippen LogP contribution is 2.29. The lowest BCUT2D eigenvalue weighted by molar-refractivity contribution is -0.384. The molecule has 2 heterocycles. The number of nitrogens with zero attached hydrogens (tertiary/aromatic N) is 3. The number of hydrogen-bond acceptors (Lipinski definition) is 5. The highest BCUT2D eigenvalue weighted by molar-refractivity contribution is 7.19. The quantitative estimate of drug-likeness (QED) is 0.401. The first-order valence-corrected chi connectivity index (χ1v) is 9.05. The number of benzene rings is 2. The van der Waals surface area contributed by atoms with Crippen molar-refractivity contribution in [3.05, 3.63) is 81.2 Å². The van der Waals surface area contributed by atoms with E-state index in [1.54, 1.807) is 41.8 Å². The summed E-state index contributed by atoms with van der Waals surface area (Å²) in [6, 6.07) is 12.1. The van der Waals surface area contributed by atoms with E-state index < -0.39 is 16.6 Å². The molecule has 2 aromatic carbocycles. The van der Waals surface area contributed by atoms with Crippen molar-refractivity contribution in [1.29, 1.82) is 0 Å². The Bertz CT molecular complexity index is 1230. The molecule has 0 atom stereocenters. The predicted molar refractivity (Wildman–Crippen MR) is 104 cm³/mol. The maximum absolute atomic E-state index is 13.8. The summed E-state index contributed by atoms with van der Waals surface area (Å²) < 4.78 is 15.5. The minimum Gasteiger partial charge on any atom is -0.319 e. The van der Waals surface area contributed by atoms with Crippen LogP contribution in [0.3, 0.4) is 0 Å². The number of nitro groups is 1. The second kappa shape index (κ2) is 6.86. The van der Waals surface area contributed by atoms with Crippen LogP contribution in [0.4, 0.5) is 15.8 Å². The lowest BCUT2D eigenvalue weighted by Crippen LogP contribution is -2.12. The molecule has 1 N–H and O–H groups in total. The number of imidazole rings is 1. The van der Waals surface area contributed by atoms with Gasteiger partial charge in [0.1, 0.15) is 10.7 Å². The molecule has 0 aliphatic rings. The van der Waals surface area contributed by atoms with Gasteiger partial charge in [-0.05, 0) is 19.1 Å². The predicted octanol–water partition coefficient (Wildman–Crippen LogP) is 4.67. The third kappa shape index (κ3) is 3.12. The molecule has 0 radical (unpaired) electrons. The van der Waals surface area contributed by atoms with Crippen LogP contribution in [-0.4, -0.2) is 20.2 Å². The zero-order chi connectivity index (χ0) is 19.8. The van der Waals surface area contributed by atoms with Crippen molar-refractivity contribution >= 4 is 33.6 Å². The molecule has 4 rings (SSSR count). The van der Waals surface area contributed by atoms with Crippen LogP contribution in [0.25, 0.3) is 16.2 Å². The van der Waals surface area contributed by atoms with Gasteiger partial charge in [-0.1, -0.05) is 35.6 Å². The molecule has 0 aliphatic carbocycles. The molecule has 0 aliphatic heterocycles. The number of nitrogens with one attached hydrogen (secondary N) is 1. The number of anilines is 1. The first kappa shape index (κ1) is 17.8. The Morgan fingerprint density at radius 1 is 1.25 bits per heavy atom. The second-order valence-corrected chi connectivity index (χ2v) is 7.01. The van der Waals surface area contributed by atoms with Crippen LogP contribution < -0.4 is 5.32 Å². The van der Waals surface area contributed by atoms with E-state index >= 15 is 0 Å². The Hall–Kier alpha value is -3.59. The van der Waals surface area contributed by atoms with Crippen molar-refractivity contribution in [1.82, 2.24) is 9.38 Å². The number of amides is 1. The fraction of sp³-hybridized carbons (Fsp3) is 0.0526. The number of aromatic nitrogens is 2. The number of fused-ring (bicyclic) bond motifs is 1. The first-order valence-electron chi connectivity index (χ1n) is 8.23. The fourth-order valence-corrected chi connectivity index (χ4v) is 3.82. The Morgan fingerprint density at radius 2 is 2.04 bits per heavy atom. The SMILES string of the molecule is Cc1c(C(=O)Nc2ccccc2F)sc2nc(-c3cccc([N+](=O)[O-])c3)cn12. The Morgan fingerprint density at radius 3 is 2.75 bits per heavy atom. The number of para-hydroxylation sites is 1. The molecule has 7 nitrogen and oxygen atoms in total. The smallest absolute Gasteiger partial charge is 0.270 e. The van der Waals surface area contributed by atoms with Crippen molar-refractivity contribution in [2.24, 2.45) is 0 Å². The minimum atomic E-state index is -0.511. The van der Waals surface area contributed by atoms with E-state index in [0.717, 1.165) is 0 Å². The average molecular weight is 396 g/mol. The number of halogens is 1. The van der Waals surface area contributed by atoms with Crippen LogP contribution in [0.1, 0.15) is 15.4 Å². The van der Waals surface area contributed by atoms with Gasteiger partial charge in [-0.15, -0.1) is 0 Å². The van der Waals surface area contributed by atoms with Gasteiger partial charge in [0, 0.05) is 29.6 Å². The molecule has 0 spiro atoms. The maximum Gasteiger partial charge on any atom is 0.270 e. The molecule has 4 aromatic rings. The largest absolute Gasteiger partial charge is 0.319 e. The van der Waals surface area contributed by atoms with E-state index in [1.165, 1.54) is 35.6 Å². The van der Waals surface area contributed by atoms with Crippen LogP contribution in [-0.2, 0) is 0 Å². The molecule has 0 bridgehead atoms. The number of aryl methyl sites for hydroxylation is 1. The molecule has 28 heavy (non-hydrogen) atoms. The van der Waals surface area contributed by atoms with Gasteiger partial charge in [0.2, 0.25) is 0 Å². The van der Waals surface area contributed by atoms with Gasteiger partial charge in [0.15, 0.2) is 4.96 Å². The molecular weight excluding hydrogens is 383 g/mol. The number of non-ortho nitro benzene ring substituents is 1. The first-order chi connectivity index (χ1) is 13.4. The standard InChI is InChI=1S/C19H13FN4O3S/c1-11-17(18(25)21-15-8-3-2-7-14(15)20)28-19-22-16(10-23(11)19)12-5-4-6-13(9-12)24(26)27/h2-10H,1H3,(H,21,25). The van der Waals surface area contributed by atoms with E-state index in [2.05, 4.69) is 10.3 Å². The van der Waals surface area contributed by atoms with Crippen LogP contribution in [0.5, 0.6) is 0 Å². The summed E-state index contributed by atoms with van der Waals surface area (Å²) >= 11 is 1.17. The number of thiazole rings is 1. The highest BCUT2D eigenvalue weighted by atomic mass is 32.1. The molecule has 0 fully saturated rings. The molecule has 0 saturated heterocycles. The molecule has 1 amide bonds. The van der Waals surface area contributed by atoms with Crippen molar-refractivity contribution in [3.63, 3.8) is 0 Å². The lowest BCUT2D eigenvalue weighted by atomic mass is 10.1. The molecule has 0 unspecified atom stereocenters. The van der Waals surface area contributed by atoms with Crippen LogP contribution in [0, 0.1) is 22.9 Å². The van der Waals surface area contributed by atoms with Crippen molar-refractivity contribution < 1.29 is 14.1 Å². The van der Waals surface area contributed by atoms with E-state index in [0.29, 0.717) is 26.8 Å². The average Bonchev–Trinajstić information content (AvgIpc) is 3.23. The Balaban J connectivity index is 1.67. The number of rotatable bonds is 4. The summed E-state index contributed by atoms with van der Waals surface area (Å²) in [7, 11) is 0. The fourth-order valence-electron chi connectivity index (χ4n) is 2.82. The number of carbonyl (C=O) groups is 1. The molecular formula is C19H13FN4O3S. The van der Waals surface area contributed by atoms with E-state index in [9.17, 15) is 19.3 Å².